The van der Waals surface area contributed by atoms with Crippen molar-refractivity contribution in [3.63, 3.8) is 0 Å². The van der Waals surface area contributed by atoms with Gasteiger partial charge in [-0.25, -0.2) is 0 Å². The molecule has 0 radical (unpaired) electrons. The third-order valence-corrected chi connectivity index (χ3v) is 5.16. The molecule has 0 amide bonds. The van der Waals surface area contributed by atoms with E-state index in [2.05, 4.69) is 0 Å². The Hall–Kier alpha value is 0.200. The normalized spacial score (nSPS) is 25.0. The van der Waals surface area contributed by atoms with Crippen molar-refractivity contribution >= 4 is 28.2 Å². The molecular weight excluding hydrogens is 191 g/mol. The Bertz CT molecular complexity index is 274. The summed E-state index contributed by atoms with van der Waals surface area (Å²) in [6.45, 7) is 0. The first-order chi connectivity index (χ1) is 4.52. The minimum atomic E-state index is -4.06. The Kier molecular flexibility index (Phi) is 2.22. The molecule has 6 heteroatoms. The molecule has 10 heavy (non-hydrogen) atoms. The maximum atomic E-state index is 10.6. The van der Waals surface area contributed by atoms with Crippen molar-refractivity contribution in [2.45, 2.75) is 0 Å². The van der Waals surface area contributed by atoms with Crippen LogP contribution in [0, 0.1) is 0 Å². The largest absolute Gasteiger partial charge is 0.363 e. The van der Waals surface area contributed by atoms with Crippen molar-refractivity contribution in [2.24, 2.45) is 0 Å². The third kappa shape index (κ3) is 1.62. The van der Waals surface area contributed by atoms with Gasteiger partial charge >= 0.3 is 7.60 Å². The lowest BCUT2D eigenvalue weighted by atomic mass is 10.6. The van der Waals surface area contributed by atoms with E-state index in [0.717, 1.165) is 0 Å². The summed E-state index contributed by atoms with van der Waals surface area (Å²) in [6.07, 6.45) is 2.96. The zero-order valence-corrected chi connectivity index (χ0v) is 7.33. The number of hydrogen-bond acceptors (Lipinski definition) is 2. The molecule has 3 nitrogen and oxygen atoms in total. The molecule has 0 aromatic carbocycles. The van der Waals surface area contributed by atoms with Crippen LogP contribution in [-0.2, 0) is 25.2 Å². The van der Waals surface area contributed by atoms with Crippen LogP contribution in [0.2, 0.25) is 0 Å². The van der Waals surface area contributed by atoms with Gasteiger partial charge in [0.15, 0.2) is 0 Å². The highest BCUT2D eigenvalue weighted by atomic mass is 32.8. The maximum Gasteiger partial charge on any atom is 0.363 e. The van der Waals surface area contributed by atoms with E-state index in [1.807, 2.05) is 0 Å². The van der Waals surface area contributed by atoms with E-state index >= 15 is 0 Å². The lowest BCUT2D eigenvalue weighted by molar-refractivity contribution is 0.385. The second kappa shape index (κ2) is 2.68. The smallest absolute Gasteiger partial charge is 0.321 e. The van der Waals surface area contributed by atoms with Crippen molar-refractivity contribution in [3.8, 4) is 0 Å². The molecule has 0 aromatic rings. The standard InChI is InChI=1S/C4H5O3PS2/c5-8(6,7)4-2-1-3-10(4)9/h1-3H,(H2,5,6,7). The molecule has 0 aliphatic carbocycles. The van der Waals surface area contributed by atoms with Crippen LogP contribution in [0.15, 0.2) is 22.2 Å². The molecule has 0 spiro atoms. The first-order valence-electron chi connectivity index (χ1n) is 2.37. The summed E-state index contributed by atoms with van der Waals surface area (Å²) < 4.78 is 10.6. The number of rotatable bonds is 1. The molecule has 0 saturated carbocycles. The molecule has 0 aromatic heterocycles. The fraction of sp³-hybridized carbons (Fsp3) is 0. The summed E-state index contributed by atoms with van der Waals surface area (Å²) in [5.74, 6) is 0. The van der Waals surface area contributed by atoms with Crippen LogP contribution in [0.4, 0.5) is 0 Å². The number of allylic oxidation sites excluding steroid dienone is 2. The summed E-state index contributed by atoms with van der Waals surface area (Å²) >= 11 is 4.75. The average Bonchev–Trinajstić information content (AvgIpc) is 2.11. The van der Waals surface area contributed by atoms with Crippen molar-refractivity contribution in [2.75, 3.05) is 0 Å². The molecule has 0 fully saturated rings. The van der Waals surface area contributed by atoms with Gasteiger partial charge in [-0.05, 0) is 22.7 Å². The van der Waals surface area contributed by atoms with E-state index in [-0.39, 0.29) is 4.65 Å². The molecule has 1 unspecified atom stereocenters. The lowest BCUT2D eigenvalue weighted by Gasteiger charge is -2.03. The van der Waals surface area contributed by atoms with Gasteiger partial charge in [0.2, 0.25) is 0 Å². The Morgan fingerprint density at radius 2 is 2.20 bits per heavy atom. The van der Waals surface area contributed by atoms with Crippen LogP contribution in [0.5, 0.6) is 0 Å². The van der Waals surface area contributed by atoms with E-state index < -0.39 is 17.1 Å². The van der Waals surface area contributed by atoms with Gasteiger partial charge < -0.3 is 9.79 Å². The molecular formula is C4H5O3PS2. The van der Waals surface area contributed by atoms with Crippen molar-refractivity contribution in [1.29, 1.82) is 0 Å². The Labute approximate surface area is 65.2 Å². The van der Waals surface area contributed by atoms with Gasteiger partial charge in [0.1, 0.15) is 4.65 Å². The minimum absolute atomic E-state index is 0.0579. The van der Waals surface area contributed by atoms with E-state index in [9.17, 15) is 4.57 Å². The highest BCUT2D eigenvalue weighted by molar-refractivity contribution is 8.35. The second-order valence-corrected chi connectivity index (χ2v) is 5.93. The Balaban J connectivity index is 3.00. The first-order valence-corrected chi connectivity index (χ1v) is 6.19. The van der Waals surface area contributed by atoms with Crippen molar-refractivity contribution < 1.29 is 14.4 Å². The van der Waals surface area contributed by atoms with Gasteiger partial charge in [-0.3, -0.25) is 4.57 Å². The van der Waals surface area contributed by atoms with Crippen LogP contribution >= 0.6 is 7.60 Å². The zero-order valence-electron chi connectivity index (χ0n) is 4.80. The summed E-state index contributed by atoms with van der Waals surface area (Å²) in [6, 6.07) is 0. The molecule has 1 rings (SSSR count). The van der Waals surface area contributed by atoms with Crippen molar-refractivity contribution in [3.05, 3.63) is 22.2 Å². The molecule has 1 aliphatic heterocycles. The quantitative estimate of drug-likeness (QED) is 0.603. The van der Waals surface area contributed by atoms with E-state index in [1.54, 1.807) is 11.5 Å². The molecule has 1 heterocycles. The van der Waals surface area contributed by atoms with Gasteiger partial charge in [0, 0.05) is 0 Å². The molecule has 1 aliphatic rings. The van der Waals surface area contributed by atoms with Crippen LogP contribution < -0.4 is 0 Å². The minimum Gasteiger partial charge on any atom is -0.321 e. The molecule has 0 saturated heterocycles. The van der Waals surface area contributed by atoms with Gasteiger partial charge in [0.05, 0.1) is 0 Å². The van der Waals surface area contributed by atoms with Crippen LogP contribution in [-0.4, -0.2) is 9.79 Å². The summed E-state index contributed by atoms with van der Waals surface area (Å²) in [4.78, 5) is 17.3. The average molecular weight is 196 g/mol. The van der Waals surface area contributed by atoms with Crippen LogP contribution in [0.1, 0.15) is 0 Å². The summed E-state index contributed by atoms with van der Waals surface area (Å²) in [7, 11) is -4.84. The third-order valence-electron chi connectivity index (χ3n) is 0.934. The summed E-state index contributed by atoms with van der Waals surface area (Å²) in [5, 5.41) is 1.60. The first kappa shape index (κ1) is 8.30. The predicted octanol–water partition coefficient (Wildman–Crippen LogP) is 0.613. The fourth-order valence-electron chi connectivity index (χ4n) is 0.544. The van der Waals surface area contributed by atoms with E-state index in [4.69, 9.17) is 21.0 Å². The van der Waals surface area contributed by atoms with E-state index in [1.165, 1.54) is 6.08 Å². The molecule has 2 N–H and O–H groups in total. The van der Waals surface area contributed by atoms with Gasteiger partial charge in [0.25, 0.3) is 0 Å². The lowest BCUT2D eigenvalue weighted by Crippen LogP contribution is -1.86. The summed E-state index contributed by atoms with van der Waals surface area (Å²) in [5.41, 5.74) is 0. The highest BCUT2D eigenvalue weighted by Gasteiger charge is 2.24. The van der Waals surface area contributed by atoms with Gasteiger partial charge in [-0.1, -0.05) is 15.5 Å². The van der Waals surface area contributed by atoms with Gasteiger partial charge in [-0.15, -0.1) is 0 Å². The maximum absolute atomic E-state index is 10.6. The second-order valence-electron chi connectivity index (χ2n) is 1.67. The van der Waals surface area contributed by atoms with Crippen LogP contribution in [0.25, 0.3) is 0 Å². The Morgan fingerprint density at radius 3 is 2.40 bits per heavy atom. The van der Waals surface area contributed by atoms with Crippen molar-refractivity contribution in [1.82, 2.24) is 0 Å². The monoisotopic (exact) mass is 196 g/mol. The Morgan fingerprint density at radius 1 is 1.60 bits per heavy atom. The molecule has 0 bridgehead atoms. The van der Waals surface area contributed by atoms with Gasteiger partial charge in [-0.2, -0.15) is 0 Å². The molecule has 1 atom stereocenters. The SMILES string of the molecule is O=P(O)(O)C1=CC=CS1=S. The molecule has 56 valence electrons. The predicted molar refractivity (Wildman–Crippen MR) is 44.0 cm³/mol. The highest BCUT2D eigenvalue weighted by Crippen LogP contribution is 2.48. The number of hydrogen-bond donors (Lipinski definition) is 2. The van der Waals surface area contributed by atoms with Crippen LogP contribution in [0.3, 0.4) is 0 Å². The zero-order chi connectivity index (χ0) is 7.78. The topological polar surface area (TPSA) is 57.5 Å². The fourth-order valence-corrected chi connectivity index (χ4v) is 3.75. The van der Waals surface area contributed by atoms with E-state index in [0.29, 0.717) is 0 Å².